The van der Waals surface area contributed by atoms with Crippen LogP contribution in [-0.4, -0.2) is 24.7 Å². The second-order valence-electron chi connectivity index (χ2n) is 3.36. The van der Waals surface area contributed by atoms with Gasteiger partial charge in [0.2, 0.25) is 0 Å². The van der Waals surface area contributed by atoms with Gasteiger partial charge in [-0.25, -0.2) is 0 Å². The average molecular weight is 216 g/mol. The fourth-order valence-electron chi connectivity index (χ4n) is 1.44. The maximum Gasteiger partial charge on any atom is 0.271 e. The molecule has 2 aromatic rings. The second-order valence-corrected chi connectivity index (χ2v) is 3.36. The van der Waals surface area contributed by atoms with E-state index < -0.39 is 0 Å². The van der Waals surface area contributed by atoms with Gasteiger partial charge in [-0.1, -0.05) is 24.3 Å². The van der Waals surface area contributed by atoms with Crippen molar-refractivity contribution in [2.24, 2.45) is 0 Å². The zero-order valence-electron chi connectivity index (χ0n) is 8.93. The van der Waals surface area contributed by atoms with E-state index in [4.69, 9.17) is 4.74 Å². The Balaban J connectivity index is 2.28. The molecule has 1 N–H and O–H groups in total. The van der Waals surface area contributed by atoms with Gasteiger partial charge in [0.1, 0.15) is 12.4 Å². The van der Waals surface area contributed by atoms with Gasteiger partial charge in [0, 0.05) is 18.7 Å². The molecule has 0 aliphatic rings. The van der Waals surface area contributed by atoms with Crippen LogP contribution in [0.1, 0.15) is 10.5 Å². The lowest BCUT2D eigenvalue weighted by Gasteiger charge is -2.04. The number of hydrogen-bond acceptors (Lipinski definition) is 3. The fraction of sp³-hybridized carbons (Fsp3) is 0.167. The number of nitrogens with zero attached hydrogens (tertiary/aromatic N) is 1. The third-order valence-corrected chi connectivity index (χ3v) is 2.24. The molecular formula is C12H12N2O2. The van der Waals surface area contributed by atoms with E-state index in [1.54, 1.807) is 12.3 Å². The van der Waals surface area contributed by atoms with Gasteiger partial charge in [-0.3, -0.25) is 9.78 Å². The molecule has 0 fully saturated rings. The van der Waals surface area contributed by atoms with Crippen molar-refractivity contribution in [3.63, 3.8) is 0 Å². The minimum Gasteiger partial charge on any atom is -0.364 e. The van der Waals surface area contributed by atoms with Crippen molar-refractivity contribution >= 4 is 16.7 Å². The molecule has 0 saturated carbocycles. The first-order valence-corrected chi connectivity index (χ1v) is 4.93. The third-order valence-electron chi connectivity index (χ3n) is 2.24. The monoisotopic (exact) mass is 216 g/mol. The van der Waals surface area contributed by atoms with Crippen molar-refractivity contribution in [3.05, 3.63) is 42.2 Å². The summed E-state index contributed by atoms with van der Waals surface area (Å²) in [5, 5.41) is 4.61. The Labute approximate surface area is 93.3 Å². The van der Waals surface area contributed by atoms with E-state index in [9.17, 15) is 4.79 Å². The predicted molar refractivity (Wildman–Crippen MR) is 61.1 cm³/mol. The van der Waals surface area contributed by atoms with Gasteiger partial charge < -0.3 is 10.1 Å². The highest BCUT2D eigenvalue weighted by Crippen LogP contribution is 2.12. The van der Waals surface area contributed by atoms with Crippen molar-refractivity contribution in [1.82, 2.24) is 10.3 Å². The van der Waals surface area contributed by atoms with E-state index in [2.05, 4.69) is 10.3 Å². The molecule has 0 spiro atoms. The quantitative estimate of drug-likeness (QED) is 0.792. The van der Waals surface area contributed by atoms with Crippen LogP contribution in [0, 0.1) is 0 Å². The van der Waals surface area contributed by atoms with E-state index in [-0.39, 0.29) is 12.6 Å². The normalized spacial score (nSPS) is 10.3. The summed E-state index contributed by atoms with van der Waals surface area (Å²) in [5.41, 5.74) is 0.399. The molecule has 16 heavy (non-hydrogen) atoms. The van der Waals surface area contributed by atoms with Gasteiger partial charge in [-0.15, -0.1) is 0 Å². The molecule has 0 bridgehead atoms. The molecule has 0 aliphatic heterocycles. The van der Waals surface area contributed by atoms with E-state index in [0.29, 0.717) is 5.69 Å². The maximum atomic E-state index is 11.6. The van der Waals surface area contributed by atoms with Crippen LogP contribution >= 0.6 is 0 Å². The molecule has 0 aliphatic carbocycles. The van der Waals surface area contributed by atoms with Crippen LogP contribution in [0.15, 0.2) is 36.5 Å². The van der Waals surface area contributed by atoms with E-state index in [1.807, 2.05) is 24.3 Å². The van der Waals surface area contributed by atoms with E-state index in [1.165, 1.54) is 7.11 Å². The first-order chi connectivity index (χ1) is 7.81. The summed E-state index contributed by atoms with van der Waals surface area (Å²) >= 11 is 0. The van der Waals surface area contributed by atoms with Gasteiger partial charge in [-0.2, -0.15) is 0 Å². The molecule has 1 heterocycles. The molecule has 1 aromatic carbocycles. The number of amides is 1. The molecular weight excluding hydrogens is 204 g/mol. The van der Waals surface area contributed by atoms with Crippen LogP contribution < -0.4 is 5.32 Å². The minimum absolute atomic E-state index is 0.188. The molecule has 1 aromatic heterocycles. The van der Waals surface area contributed by atoms with Gasteiger partial charge in [0.05, 0.1) is 0 Å². The van der Waals surface area contributed by atoms with Crippen LogP contribution in [0.4, 0.5) is 0 Å². The van der Waals surface area contributed by atoms with Gasteiger partial charge >= 0.3 is 0 Å². The molecule has 2 rings (SSSR count). The lowest BCUT2D eigenvalue weighted by Crippen LogP contribution is -2.26. The Hall–Kier alpha value is -1.94. The molecule has 0 saturated heterocycles. The van der Waals surface area contributed by atoms with Crippen LogP contribution in [0.25, 0.3) is 10.8 Å². The van der Waals surface area contributed by atoms with Crippen LogP contribution in [0.5, 0.6) is 0 Å². The number of fused-ring (bicyclic) bond motifs is 1. The molecule has 4 heteroatoms. The first-order valence-electron chi connectivity index (χ1n) is 4.93. The smallest absolute Gasteiger partial charge is 0.271 e. The zero-order valence-corrected chi connectivity index (χ0v) is 8.93. The highest BCUT2D eigenvalue weighted by molar-refractivity contribution is 5.96. The average Bonchev–Trinajstić information content (AvgIpc) is 2.35. The van der Waals surface area contributed by atoms with Crippen molar-refractivity contribution in [2.45, 2.75) is 0 Å². The largest absolute Gasteiger partial charge is 0.364 e. The van der Waals surface area contributed by atoms with Gasteiger partial charge in [0.25, 0.3) is 5.91 Å². The second kappa shape index (κ2) is 4.72. The summed E-state index contributed by atoms with van der Waals surface area (Å²) in [4.78, 5) is 15.7. The summed E-state index contributed by atoms with van der Waals surface area (Å²) in [6.45, 7) is 0.188. The van der Waals surface area contributed by atoms with Gasteiger partial charge in [0.15, 0.2) is 0 Å². The number of hydrogen-bond donors (Lipinski definition) is 1. The van der Waals surface area contributed by atoms with Crippen molar-refractivity contribution < 1.29 is 9.53 Å². The molecule has 0 unspecified atom stereocenters. The topological polar surface area (TPSA) is 51.2 Å². The minimum atomic E-state index is -0.229. The number of nitrogens with one attached hydrogen (secondary N) is 1. The zero-order chi connectivity index (χ0) is 11.4. The molecule has 0 atom stereocenters. The third kappa shape index (κ3) is 2.17. The predicted octanol–water partition coefficient (Wildman–Crippen LogP) is 1.57. The van der Waals surface area contributed by atoms with Crippen LogP contribution in [-0.2, 0) is 4.74 Å². The van der Waals surface area contributed by atoms with Crippen LogP contribution in [0.2, 0.25) is 0 Å². The molecule has 1 amide bonds. The first kappa shape index (κ1) is 10.6. The SMILES string of the molecule is COCNC(=O)c1cc2ccccc2cn1. The standard InChI is InChI=1S/C12H12N2O2/c1-16-8-14-12(15)11-6-9-4-2-3-5-10(9)7-13-11/h2-7H,8H2,1H3,(H,14,15). The maximum absolute atomic E-state index is 11.6. The summed E-state index contributed by atoms with van der Waals surface area (Å²) in [5.74, 6) is -0.229. The Kier molecular flexibility index (Phi) is 3.12. The lowest BCUT2D eigenvalue weighted by molar-refractivity contribution is 0.0867. The fourth-order valence-corrected chi connectivity index (χ4v) is 1.44. The molecule has 82 valence electrons. The number of aromatic nitrogens is 1. The lowest BCUT2D eigenvalue weighted by atomic mass is 10.1. The van der Waals surface area contributed by atoms with Crippen molar-refractivity contribution in [1.29, 1.82) is 0 Å². The number of carbonyl (C=O) groups excluding carboxylic acids is 1. The van der Waals surface area contributed by atoms with E-state index >= 15 is 0 Å². The van der Waals surface area contributed by atoms with Crippen molar-refractivity contribution in [2.75, 3.05) is 13.8 Å². The Bertz CT molecular complexity index is 511. The highest BCUT2D eigenvalue weighted by Gasteiger charge is 2.06. The van der Waals surface area contributed by atoms with E-state index in [0.717, 1.165) is 10.8 Å². The number of pyridine rings is 1. The number of benzene rings is 1. The van der Waals surface area contributed by atoms with Crippen LogP contribution in [0.3, 0.4) is 0 Å². The molecule has 4 nitrogen and oxygen atoms in total. The van der Waals surface area contributed by atoms with Crippen molar-refractivity contribution in [3.8, 4) is 0 Å². The Morgan fingerprint density at radius 2 is 2.12 bits per heavy atom. The summed E-state index contributed by atoms with van der Waals surface area (Å²) < 4.78 is 4.76. The summed E-state index contributed by atoms with van der Waals surface area (Å²) in [7, 11) is 1.52. The number of methoxy groups -OCH3 is 1. The number of carbonyl (C=O) groups is 1. The Morgan fingerprint density at radius 3 is 2.88 bits per heavy atom. The Morgan fingerprint density at radius 1 is 1.38 bits per heavy atom. The molecule has 0 radical (unpaired) electrons. The highest BCUT2D eigenvalue weighted by atomic mass is 16.5. The number of ether oxygens (including phenoxy) is 1. The summed E-state index contributed by atoms with van der Waals surface area (Å²) in [6.07, 6.45) is 1.69. The van der Waals surface area contributed by atoms with Gasteiger partial charge in [-0.05, 0) is 11.5 Å². The number of rotatable bonds is 3. The summed E-state index contributed by atoms with van der Waals surface area (Å²) in [6, 6.07) is 9.54.